The molecule has 0 radical (unpaired) electrons. The van der Waals surface area contributed by atoms with Gasteiger partial charge in [0.05, 0.1) is 19.8 Å². The highest BCUT2D eigenvalue weighted by atomic mass is 35.5. The Labute approximate surface area is 188 Å². The molecule has 1 aliphatic rings. The summed E-state index contributed by atoms with van der Waals surface area (Å²) in [6.07, 6.45) is 1.72. The number of aromatic nitrogens is 1. The van der Waals surface area contributed by atoms with Crippen LogP contribution in [-0.2, 0) is 9.47 Å². The molecule has 4 rings (SSSR count). The molecule has 7 heteroatoms. The van der Waals surface area contributed by atoms with Crippen molar-refractivity contribution in [2.75, 3.05) is 65.0 Å². The maximum atomic E-state index is 6.57. The van der Waals surface area contributed by atoms with Crippen molar-refractivity contribution in [3.05, 3.63) is 53.7 Å². The number of rotatable bonds is 9. The van der Waals surface area contributed by atoms with E-state index in [2.05, 4.69) is 51.6 Å². The van der Waals surface area contributed by atoms with E-state index in [0.717, 1.165) is 61.6 Å². The van der Waals surface area contributed by atoms with Gasteiger partial charge in [-0.15, -0.1) is 0 Å². The van der Waals surface area contributed by atoms with Crippen LogP contribution in [0.4, 0.5) is 5.69 Å². The number of nitrogens with zero attached hydrogens (tertiary/aromatic N) is 2. The molecule has 0 amide bonds. The van der Waals surface area contributed by atoms with Crippen molar-refractivity contribution < 1.29 is 14.2 Å². The Bertz CT molecular complexity index is 1010. The lowest BCUT2D eigenvalue weighted by atomic mass is 10.0. The molecule has 2 heterocycles. The fourth-order valence-electron chi connectivity index (χ4n) is 3.68. The summed E-state index contributed by atoms with van der Waals surface area (Å²) in [4.78, 5) is 6.67. The largest absolute Gasteiger partial charge is 0.474 e. The Kier molecular flexibility index (Phi) is 7.59. The molecule has 0 atom stereocenters. The first-order valence-electron chi connectivity index (χ1n) is 10.6. The quantitative estimate of drug-likeness (QED) is 0.499. The smallest absolute Gasteiger partial charge is 0.233 e. The van der Waals surface area contributed by atoms with Gasteiger partial charge < -0.3 is 19.5 Å². The summed E-state index contributed by atoms with van der Waals surface area (Å²) >= 11 is 6.57. The predicted octanol–water partition coefficient (Wildman–Crippen LogP) is 4.32. The number of nitrogens with one attached hydrogen (secondary N) is 1. The molecule has 0 bridgehead atoms. The number of fused-ring (bicyclic) bond motifs is 1. The van der Waals surface area contributed by atoms with Crippen molar-refractivity contribution >= 4 is 28.1 Å². The number of anilines is 1. The van der Waals surface area contributed by atoms with Gasteiger partial charge in [0.25, 0.3) is 0 Å². The molecule has 31 heavy (non-hydrogen) atoms. The standard InChI is InChI=1S/C24H28ClN3O3/c1-29-14-15-31-24-23(25)22(6-7-27-24)20-3-2-19-17-21(5-4-18(19)16-20)26-8-9-28-10-12-30-13-11-28/h2-7,16-17,26H,8-15H2,1H3. The molecular weight excluding hydrogens is 414 g/mol. The maximum absolute atomic E-state index is 6.57. The molecule has 1 saturated heterocycles. The van der Waals surface area contributed by atoms with Gasteiger partial charge in [-0.2, -0.15) is 0 Å². The van der Waals surface area contributed by atoms with Gasteiger partial charge in [0.1, 0.15) is 11.6 Å². The molecule has 0 saturated carbocycles. The summed E-state index contributed by atoms with van der Waals surface area (Å²) in [6.45, 7) is 6.53. The van der Waals surface area contributed by atoms with Crippen molar-refractivity contribution in [1.82, 2.24) is 9.88 Å². The zero-order chi connectivity index (χ0) is 21.5. The fourth-order valence-corrected chi connectivity index (χ4v) is 3.95. The molecule has 0 aliphatic carbocycles. The molecule has 1 fully saturated rings. The van der Waals surface area contributed by atoms with Crippen LogP contribution in [0.3, 0.4) is 0 Å². The highest BCUT2D eigenvalue weighted by molar-refractivity contribution is 6.34. The Morgan fingerprint density at radius 1 is 1.06 bits per heavy atom. The number of morpholine rings is 1. The molecule has 3 aromatic rings. The molecule has 0 unspecified atom stereocenters. The number of ether oxygens (including phenoxy) is 3. The molecule has 0 spiro atoms. The predicted molar refractivity (Wildman–Crippen MR) is 125 cm³/mol. The van der Waals surface area contributed by atoms with Crippen LogP contribution in [-0.4, -0.2) is 69.6 Å². The third kappa shape index (κ3) is 5.66. The van der Waals surface area contributed by atoms with E-state index in [9.17, 15) is 0 Å². The van der Waals surface area contributed by atoms with Gasteiger partial charge in [-0.05, 0) is 40.6 Å². The van der Waals surface area contributed by atoms with Gasteiger partial charge in [0.15, 0.2) is 0 Å². The van der Waals surface area contributed by atoms with Crippen molar-refractivity contribution in [2.24, 2.45) is 0 Å². The average Bonchev–Trinajstić information content (AvgIpc) is 2.81. The van der Waals surface area contributed by atoms with E-state index < -0.39 is 0 Å². The lowest BCUT2D eigenvalue weighted by Gasteiger charge is -2.26. The van der Waals surface area contributed by atoms with Gasteiger partial charge in [-0.1, -0.05) is 29.8 Å². The number of hydrogen-bond donors (Lipinski definition) is 1. The van der Waals surface area contributed by atoms with E-state index in [1.807, 2.05) is 6.07 Å². The lowest BCUT2D eigenvalue weighted by Crippen LogP contribution is -2.38. The minimum absolute atomic E-state index is 0.408. The molecule has 1 aromatic heterocycles. The van der Waals surface area contributed by atoms with E-state index in [1.54, 1.807) is 13.3 Å². The summed E-state index contributed by atoms with van der Waals surface area (Å²) in [5.74, 6) is 0.427. The fraction of sp³-hybridized carbons (Fsp3) is 0.375. The molecular formula is C24H28ClN3O3. The molecule has 1 N–H and O–H groups in total. The van der Waals surface area contributed by atoms with Crippen LogP contribution in [0.25, 0.3) is 21.9 Å². The van der Waals surface area contributed by atoms with Crippen molar-refractivity contribution in [2.45, 2.75) is 0 Å². The summed E-state index contributed by atoms with van der Waals surface area (Å²) in [6, 6.07) is 14.7. The maximum Gasteiger partial charge on any atom is 0.233 e. The average molecular weight is 442 g/mol. The van der Waals surface area contributed by atoms with Crippen LogP contribution in [0, 0.1) is 0 Å². The third-order valence-corrected chi connectivity index (χ3v) is 5.76. The van der Waals surface area contributed by atoms with Gasteiger partial charge in [-0.25, -0.2) is 4.98 Å². The molecule has 2 aromatic carbocycles. The monoisotopic (exact) mass is 441 g/mol. The van der Waals surface area contributed by atoms with Crippen LogP contribution >= 0.6 is 11.6 Å². The van der Waals surface area contributed by atoms with E-state index in [1.165, 1.54) is 5.39 Å². The first-order chi connectivity index (χ1) is 15.2. The number of methoxy groups -OCH3 is 1. The van der Waals surface area contributed by atoms with Gasteiger partial charge in [0, 0.05) is 50.7 Å². The normalized spacial score (nSPS) is 14.6. The van der Waals surface area contributed by atoms with E-state index in [4.69, 9.17) is 25.8 Å². The number of pyridine rings is 1. The first-order valence-corrected chi connectivity index (χ1v) is 11.0. The van der Waals surface area contributed by atoms with Crippen LogP contribution in [0.2, 0.25) is 5.02 Å². The van der Waals surface area contributed by atoms with Crippen LogP contribution in [0.5, 0.6) is 5.88 Å². The second-order valence-electron chi connectivity index (χ2n) is 7.48. The topological polar surface area (TPSA) is 55.9 Å². The highest BCUT2D eigenvalue weighted by Gasteiger charge is 2.12. The molecule has 164 valence electrons. The van der Waals surface area contributed by atoms with Crippen molar-refractivity contribution in [3.8, 4) is 17.0 Å². The Balaban J connectivity index is 1.45. The minimum atomic E-state index is 0.408. The van der Waals surface area contributed by atoms with Gasteiger partial charge in [-0.3, -0.25) is 4.90 Å². The number of halogens is 1. The van der Waals surface area contributed by atoms with E-state index >= 15 is 0 Å². The van der Waals surface area contributed by atoms with Crippen LogP contribution in [0.1, 0.15) is 0 Å². The highest BCUT2D eigenvalue weighted by Crippen LogP contribution is 2.35. The zero-order valence-electron chi connectivity index (χ0n) is 17.8. The third-order valence-electron chi connectivity index (χ3n) is 5.40. The summed E-state index contributed by atoms with van der Waals surface area (Å²) in [5.41, 5.74) is 3.06. The van der Waals surface area contributed by atoms with E-state index in [-0.39, 0.29) is 0 Å². The Morgan fingerprint density at radius 2 is 1.87 bits per heavy atom. The first kappa shape index (κ1) is 21.8. The summed E-state index contributed by atoms with van der Waals surface area (Å²) in [5, 5.41) is 6.39. The second kappa shape index (κ2) is 10.8. The van der Waals surface area contributed by atoms with E-state index in [0.29, 0.717) is 24.1 Å². The Hall–Kier alpha value is -2.38. The van der Waals surface area contributed by atoms with Gasteiger partial charge in [0.2, 0.25) is 5.88 Å². The Morgan fingerprint density at radius 3 is 2.71 bits per heavy atom. The minimum Gasteiger partial charge on any atom is -0.474 e. The number of benzene rings is 2. The summed E-state index contributed by atoms with van der Waals surface area (Å²) in [7, 11) is 1.63. The van der Waals surface area contributed by atoms with Crippen LogP contribution < -0.4 is 10.1 Å². The SMILES string of the molecule is COCCOc1nccc(-c2ccc3cc(NCCN4CCOCC4)ccc3c2)c1Cl. The van der Waals surface area contributed by atoms with Crippen LogP contribution in [0.15, 0.2) is 48.7 Å². The summed E-state index contributed by atoms with van der Waals surface area (Å²) < 4.78 is 16.1. The van der Waals surface area contributed by atoms with Crippen molar-refractivity contribution in [3.63, 3.8) is 0 Å². The zero-order valence-corrected chi connectivity index (χ0v) is 18.5. The molecule has 6 nitrogen and oxygen atoms in total. The lowest BCUT2D eigenvalue weighted by molar-refractivity contribution is 0.0398. The van der Waals surface area contributed by atoms with Gasteiger partial charge >= 0.3 is 0 Å². The number of hydrogen-bond acceptors (Lipinski definition) is 6. The van der Waals surface area contributed by atoms with Crippen molar-refractivity contribution in [1.29, 1.82) is 0 Å². The second-order valence-corrected chi connectivity index (χ2v) is 7.85. The molecule has 1 aliphatic heterocycles.